The van der Waals surface area contributed by atoms with Crippen LogP contribution in [0.15, 0.2) is 0 Å². The Labute approximate surface area is 81.4 Å². The van der Waals surface area contributed by atoms with E-state index >= 15 is 0 Å². The summed E-state index contributed by atoms with van der Waals surface area (Å²) in [5.74, 6) is 1.87. The molecule has 0 radical (unpaired) electrons. The number of nitrogens with one attached hydrogen (secondary N) is 2. The van der Waals surface area contributed by atoms with Crippen molar-refractivity contribution in [2.24, 2.45) is 11.8 Å². The molecule has 0 aromatic rings. The molecule has 2 unspecified atom stereocenters. The molecule has 1 saturated carbocycles. The van der Waals surface area contributed by atoms with Crippen molar-refractivity contribution in [3.63, 3.8) is 0 Å². The van der Waals surface area contributed by atoms with Crippen LogP contribution in [0.25, 0.3) is 0 Å². The quantitative estimate of drug-likeness (QED) is 0.607. The number of hydrogen-bond donors (Lipinski definition) is 2. The Morgan fingerprint density at radius 1 is 1.00 bits per heavy atom. The van der Waals surface area contributed by atoms with E-state index in [1.54, 1.807) is 0 Å². The molecule has 0 amide bonds. The second kappa shape index (κ2) is 4.43. The summed E-state index contributed by atoms with van der Waals surface area (Å²) in [4.78, 5) is 0. The van der Waals surface area contributed by atoms with Crippen LogP contribution >= 0.6 is 0 Å². The maximum atomic E-state index is 3.34. The van der Waals surface area contributed by atoms with E-state index in [0.717, 1.165) is 11.8 Å². The molecule has 1 aliphatic carbocycles. The standard InChI is InChI=1S/C11H22N2/c1-9-11(8-12-13-9)10-6-4-2-3-5-7-10/h9-13H,2-8H2,1H3. The number of hydrogen-bond acceptors (Lipinski definition) is 2. The molecule has 2 aliphatic rings. The Morgan fingerprint density at radius 3 is 2.23 bits per heavy atom. The lowest BCUT2D eigenvalue weighted by Gasteiger charge is -2.24. The molecule has 0 bridgehead atoms. The highest BCUT2D eigenvalue weighted by Crippen LogP contribution is 2.31. The molecule has 13 heavy (non-hydrogen) atoms. The lowest BCUT2D eigenvalue weighted by atomic mass is 9.83. The molecule has 1 heterocycles. The van der Waals surface area contributed by atoms with Gasteiger partial charge in [0.1, 0.15) is 0 Å². The molecule has 0 aromatic heterocycles. The summed E-state index contributed by atoms with van der Waals surface area (Å²) in [6.45, 7) is 3.50. The van der Waals surface area contributed by atoms with E-state index < -0.39 is 0 Å². The van der Waals surface area contributed by atoms with Gasteiger partial charge in [0.2, 0.25) is 0 Å². The van der Waals surface area contributed by atoms with Crippen molar-refractivity contribution in [3.05, 3.63) is 0 Å². The second-order valence-electron chi connectivity index (χ2n) is 4.73. The van der Waals surface area contributed by atoms with E-state index in [-0.39, 0.29) is 0 Å². The van der Waals surface area contributed by atoms with Gasteiger partial charge in [-0.1, -0.05) is 38.5 Å². The fourth-order valence-corrected chi connectivity index (χ4v) is 2.94. The van der Waals surface area contributed by atoms with Crippen LogP contribution in [0.5, 0.6) is 0 Å². The van der Waals surface area contributed by atoms with Gasteiger partial charge in [0.05, 0.1) is 0 Å². The van der Waals surface area contributed by atoms with E-state index in [2.05, 4.69) is 17.8 Å². The summed E-state index contributed by atoms with van der Waals surface area (Å²) in [6, 6.07) is 0.683. The first-order valence-electron chi connectivity index (χ1n) is 5.86. The van der Waals surface area contributed by atoms with Gasteiger partial charge in [-0.3, -0.25) is 10.9 Å². The van der Waals surface area contributed by atoms with Crippen molar-refractivity contribution in [3.8, 4) is 0 Å². The first-order chi connectivity index (χ1) is 6.38. The van der Waals surface area contributed by atoms with Gasteiger partial charge in [-0.25, -0.2) is 0 Å². The molecule has 1 aliphatic heterocycles. The maximum Gasteiger partial charge on any atom is 0.0228 e. The van der Waals surface area contributed by atoms with Crippen molar-refractivity contribution in [1.29, 1.82) is 0 Å². The van der Waals surface area contributed by atoms with Crippen LogP contribution in [0.4, 0.5) is 0 Å². The first-order valence-corrected chi connectivity index (χ1v) is 5.86. The molecule has 2 N–H and O–H groups in total. The van der Waals surface area contributed by atoms with Crippen LogP contribution in [0.2, 0.25) is 0 Å². The molecule has 0 aromatic carbocycles. The van der Waals surface area contributed by atoms with Gasteiger partial charge in [0, 0.05) is 12.6 Å². The Morgan fingerprint density at radius 2 is 1.69 bits per heavy atom. The van der Waals surface area contributed by atoms with Gasteiger partial charge >= 0.3 is 0 Å². The molecule has 2 atom stereocenters. The fourth-order valence-electron chi connectivity index (χ4n) is 2.94. The maximum absolute atomic E-state index is 3.34. The molecular formula is C11H22N2. The summed E-state index contributed by atoms with van der Waals surface area (Å²) in [6.07, 6.45) is 8.81. The minimum Gasteiger partial charge on any atom is -0.257 e. The Balaban J connectivity index is 1.89. The fraction of sp³-hybridized carbons (Fsp3) is 1.00. The monoisotopic (exact) mass is 182 g/mol. The molecule has 76 valence electrons. The van der Waals surface area contributed by atoms with Crippen LogP contribution in [0.1, 0.15) is 45.4 Å². The third-order valence-electron chi connectivity index (χ3n) is 3.82. The molecule has 2 rings (SSSR count). The minimum atomic E-state index is 0.683. The van der Waals surface area contributed by atoms with Gasteiger partial charge in [-0.05, 0) is 18.8 Å². The van der Waals surface area contributed by atoms with Crippen molar-refractivity contribution in [2.75, 3.05) is 6.54 Å². The summed E-state index contributed by atoms with van der Waals surface area (Å²) in [5.41, 5.74) is 6.63. The largest absolute Gasteiger partial charge is 0.257 e. The van der Waals surface area contributed by atoms with E-state index in [4.69, 9.17) is 0 Å². The smallest absolute Gasteiger partial charge is 0.0228 e. The molecule has 1 saturated heterocycles. The summed E-state index contributed by atoms with van der Waals surface area (Å²) >= 11 is 0. The van der Waals surface area contributed by atoms with Crippen LogP contribution < -0.4 is 10.9 Å². The third-order valence-corrected chi connectivity index (χ3v) is 3.82. The Bertz CT molecular complexity index is 150. The zero-order valence-corrected chi connectivity index (χ0v) is 8.68. The number of hydrazine groups is 1. The van der Waals surface area contributed by atoms with Crippen molar-refractivity contribution < 1.29 is 0 Å². The van der Waals surface area contributed by atoms with Crippen LogP contribution in [0, 0.1) is 11.8 Å². The topological polar surface area (TPSA) is 24.1 Å². The predicted molar refractivity (Wildman–Crippen MR) is 55.3 cm³/mol. The SMILES string of the molecule is CC1NNCC1C1CCCCCC1. The zero-order chi connectivity index (χ0) is 9.10. The second-order valence-corrected chi connectivity index (χ2v) is 4.73. The van der Waals surface area contributed by atoms with Crippen molar-refractivity contribution in [1.82, 2.24) is 10.9 Å². The van der Waals surface area contributed by atoms with Gasteiger partial charge in [-0.2, -0.15) is 0 Å². The van der Waals surface area contributed by atoms with Gasteiger partial charge in [0.15, 0.2) is 0 Å². The van der Waals surface area contributed by atoms with Crippen LogP contribution in [0.3, 0.4) is 0 Å². The highest BCUT2D eigenvalue weighted by atomic mass is 15.4. The van der Waals surface area contributed by atoms with Crippen molar-refractivity contribution in [2.45, 2.75) is 51.5 Å². The van der Waals surface area contributed by atoms with E-state index in [0.29, 0.717) is 6.04 Å². The summed E-state index contributed by atoms with van der Waals surface area (Å²) in [5, 5.41) is 0. The average molecular weight is 182 g/mol. The van der Waals surface area contributed by atoms with Crippen LogP contribution in [-0.4, -0.2) is 12.6 Å². The molecule has 2 fully saturated rings. The highest BCUT2D eigenvalue weighted by molar-refractivity contribution is 4.85. The van der Waals surface area contributed by atoms with E-state index in [9.17, 15) is 0 Å². The number of rotatable bonds is 1. The predicted octanol–water partition coefficient (Wildman–Crippen LogP) is 2.07. The van der Waals surface area contributed by atoms with E-state index in [1.807, 2.05) is 0 Å². The molecule has 2 heteroatoms. The molecular weight excluding hydrogens is 160 g/mol. The lowest BCUT2D eigenvalue weighted by molar-refractivity contribution is 0.292. The highest BCUT2D eigenvalue weighted by Gasteiger charge is 2.30. The summed E-state index contributed by atoms with van der Waals surface area (Å²) in [7, 11) is 0. The lowest BCUT2D eigenvalue weighted by Crippen LogP contribution is -2.30. The van der Waals surface area contributed by atoms with Crippen LogP contribution in [-0.2, 0) is 0 Å². The normalized spacial score (nSPS) is 37.6. The molecule has 2 nitrogen and oxygen atoms in total. The first kappa shape index (κ1) is 9.47. The average Bonchev–Trinajstić information content (AvgIpc) is 2.43. The van der Waals surface area contributed by atoms with E-state index in [1.165, 1.54) is 45.1 Å². The van der Waals surface area contributed by atoms with Crippen molar-refractivity contribution >= 4 is 0 Å². The zero-order valence-electron chi connectivity index (χ0n) is 8.68. The Kier molecular flexibility index (Phi) is 3.23. The Hall–Kier alpha value is -0.0800. The van der Waals surface area contributed by atoms with Gasteiger partial charge in [-0.15, -0.1) is 0 Å². The van der Waals surface area contributed by atoms with Gasteiger partial charge < -0.3 is 0 Å². The summed E-state index contributed by atoms with van der Waals surface area (Å²) < 4.78 is 0. The molecule has 0 spiro atoms. The van der Waals surface area contributed by atoms with Gasteiger partial charge in [0.25, 0.3) is 0 Å². The third kappa shape index (κ3) is 2.23. The minimum absolute atomic E-state index is 0.683.